The summed E-state index contributed by atoms with van der Waals surface area (Å²) in [5.74, 6) is 0.0599. The van der Waals surface area contributed by atoms with Gasteiger partial charge in [0.25, 0.3) is 0 Å². The van der Waals surface area contributed by atoms with Gasteiger partial charge in [0.05, 0.1) is 19.6 Å². The summed E-state index contributed by atoms with van der Waals surface area (Å²) in [6, 6.07) is 16.7. The number of hydrogen-bond donors (Lipinski definition) is 2. The van der Waals surface area contributed by atoms with Gasteiger partial charge in [-0.1, -0.05) is 30.3 Å². The van der Waals surface area contributed by atoms with Crippen LogP contribution in [0, 0.1) is 0 Å². The van der Waals surface area contributed by atoms with Crippen molar-refractivity contribution in [1.29, 1.82) is 0 Å². The van der Waals surface area contributed by atoms with Crippen LogP contribution >= 0.6 is 0 Å². The Labute approximate surface area is 159 Å². The number of para-hydroxylation sites is 1. The highest BCUT2D eigenvalue weighted by molar-refractivity contribution is 5.88. The van der Waals surface area contributed by atoms with Crippen molar-refractivity contribution in [3.63, 3.8) is 0 Å². The highest BCUT2D eigenvalue weighted by atomic mass is 16.5. The number of H-pyrrole nitrogens is 1. The fourth-order valence-electron chi connectivity index (χ4n) is 3.55. The molecule has 0 unspecified atom stereocenters. The zero-order chi connectivity index (χ0) is 18.5. The van der Waals surface area contributed by atoms with Crippen LogP contribution in [0.4, 0.5) is 5.69 Å². The molecule has 0 saturated carbocycles. The van der Waals surface area contributed by atoms with E-state index in [-0.39, 0.29) is 5.91 Å². The van der Waals surface area contributed by atoms with Crippen molar-refractivity contribution in [2.75, 3.05) is 37.7 Å². The van der Waals surface area contributed by atoms with E-state index in [1.54, 1.807) is 0 Å². The second-order valence-electron chi connectivity index (χ2n) is 6.90. The normalized spacial score (nSPS) is 14.4. The van der Waals surface area contributed by atoms with E-state index in [4.69, 9.17) is 4.74 Å². The van der Waals surface area contributed by atoms with E-state index in [1.807, 2.05) is 30.5 Å². The minimum atomic E-state index is 0.0599. The quantitative estimate of drug-likeness (QED) is 0.708. The van der Waals surface area contributed by atoms with Crippen molar-refractivity contribution in [2.24, 2.45) is 0 Å². The summed E-state index contributed by atoms with van der Waals surface area (Å²) in [5.41, 5.74) is 4.59. The standard InChI is InChI=1S/C22H25N3O2/c26-22(15-18-16-24-21-4-2-1-3-20(18)21)23-10-9-17-5-7-19(8-6-17)25-11-13-27-14-12-25/h1-8,16,24H,9-15H2,(H,23,26). The fourth-order valence-corrected chi connectivity index (χ4v) is 3.55. The van der Waals surface area contributed by atoms with E-state index in [9.17, 15) is 4.79 Å². The molecule has 27 heavy (non-hydrogen) atoms. The highest BCUT2D eigenvalue weighted by Crippen LogP contribution is 2.18. The van der Waals surface area contributed by atoms with E-state index in [0.717, 1.165) is 49.2 Å². The van der Waals surface area contributed by atoms with Crippen LogP contribution in [0.2, 0.25) is 0 Å². The molecule has 1 amide bonds. The van der Waals surface area contributed by atoms with E-state index in [0.29, 0.717) is 13.0 Å². The molecule has 0 bridgehead atoms. The van der Waals surface area contributed by atoms with E-state index < -0.39 is 0 Å². The second-order valence-corrected chi connectivity index (χ2v) is 6.90. The van der Waals surface area contributed by atoms with Gasteiger partial charge in [-0.15, -0.1) is 0 Å². The Morgan fingerprint density at radius 3 is 2.67 bits per heavy atom. The number of carbonyl (C=O) groups excluding carboxylic acids is 1. The van der Waals surface area contributed by atoms with Crippen LogP contribution in [0.1, 0.15) is 11.1 Å². The molecule has 0 aliphatic carbocycles. The first-order valence-electron chi connectivity index (χ1n) is 9.53. The zero-order valence-electron chi connectivity index (χ0n) is 15.4. The Hall–Kier alpha value is -2.79. The SMILES string of the molecule is O=C(Cc1c[nH]c2ccccc12)NCCc1ccc(N2CCOCC2)cc1. The van der Waals surface area contributed by atoms with Crippen molar-refractivity contribution < 1.29 is 9.53 Å². The Kier molecular flexibility index (Phi) is 5.39. The summed E-state index contributed by atoms with van der Waals surface area (Å²) in [4.78, 5) is 17.8. The summed E-state index contributed by atoms with van der Waals surface area (Å²) in [5, 5.41) is 4.15. The summed E-state index contributed by atoms with van der Waals surface area (Å²) < 4.78 is 5.40. The molecule has 1 aliphatic rings. The molecule has 0 atom stereocenters. The molecule has 2 N–H and O–H groups in total. The molecule has 0 radical (unpaired) electrons. The molecule has 1 aromatic heterocycles. The second kappa shape index (κ2) is 8.27. The maximum absolute atomic E-state index is 12.3. The number of benzene rings is 2. The summed E-state index contributed by atoms with van der Waals surface area (Å²) in [7, 11) is 0. The molecule has 2 aromatic carbocycles. The van der Waals surface area contributed by atoms with E-state index in [1.165, 1.54) is 11.3 Å². The van der Waals surface area contributed by atoms with Crippen molar-refractivity contribution >= 4 is 22.5 Å². The first-order valence-corrected chi connectivity index (χ1v) is 9.53. The number of carbonyl (C=O) groups is 1. The predicted octanol–water partition coefficient (Wildman–Crippen LogP) is 2.91. The van der Waals surface area contributed by atoms with Gasteiger partial charge in [0, 0.05) is 42.4 Å². The van der Waals surface area contributed by atoms with Crippen molar-refractivity contribution in [3.05, 3.63) is 65.9 Å². The van der Waals surface area contributed by atoms with Gasteiger partial charge in [-0.25, -0.2) is 0 Å². The monoisotopic (exact) mass is 363 g/mol. The van der Waals surface area contributed by atoms with Gasteiger partial charge in [0.1, 0.15) is 0 Å². The van der Waals surface area contributed by atoms with Crippen molar-refractivity contribution in [2.45, 2.75) is 12.8 Å². The molecular formula is C22H25N3O2. The number of amides is 1. The van der Waals surface area contributed by atoms with Crippen molar-refractivity contribution in [3.8, 4) is 0 Å². The largest absolute Gasteiger partial charge is 0.378 e. The predicted molar refractivity (Wildman–Crippen MR) is 108 cm³/mol. The number of morpholine rings is 1. The molecular weight excluding hydrogens is 338 g/mol. The van der Waals surface area contributed by atoms with Crippen LogP contribution < -0.4 is 10.2 Å². The number of aromatic amines is 1. The Balaban J connectivity index is 1.26. The maximum Gasteiger partial charge on any atom is 0.224 e. The summed E-state index contributed by atoms with van der Waals surface area (Å²) in [6.45, 7) is 4.14. The molecule has 1 fully saturated rings. The van der Waals surface area contributed by atoms with E-state index in [2.05, 4.69) is 39.5 Å². The molecule has 1 saturated heterocycles. The van der Waals surface area contributed by atoms with Crippen LogP contribution in [0.15, 0.2) is 54.7 Å². The smallest absolute Gasteiger partial charge is 0.224 e. The van der Waals surface area contributed by atoms with Gasteiger partial charge >= 0.3 is 0 Å². The highest BCUT2D eigenvalue weighted by Gasteiger charge is 2.11. The minimum absolute atomic E-state index is 0.0599. The lowest BCUT2D eigenvalue weighted by Gasteiger charge is -2.28. The number of nitrogens with one attached hydrogen (secondary N) is 2. The van der Waals surface area contributed by atoms with Crippen LogP contribution in [0.5, 0.6) is 0 Å². The van der Waals surface area contributed by atoms with Gasteiger partial charge in [-0.2, -0.15) is 0 Å². The van der Waals surface area contributed by atoms with Crippen LogP contribution in [0.3, 0.4) is 0 Å². The number of ether oxygens (including phenoxy) is 1. The minimum Gasteiger partial charge on any atom is -0.378 e. The lowest BCUT2D eigenvalue weighted by Crippen LogP contribution is -2.36. The number of rotatable bonds is 6. The molecule has 4 rings (SSSR count). The molecule has 140 valence electrons. The van der Waals surface area contributed by atoms with Gasteiger partial charge in [0.2, 0.25) is 5.91 Å². The summed E-state index contributed by atoms with van der Waals surface area (Å²) >= 11 is 0. The third-order valence-corrected chi connectivity index (χ3v) is 5.07. The number of aromatic nitrogens is 1. The maximum atomic E-state index is 12.3. The number of hydrogen-bond acceptors (Lipinski definition) is 3. The van der Waals surface area contributed by atoms with Crippen molar-refractivity contribution in [1.82, 2.24) is 10.3 Å². The van der Waals surface area contributed by atoms with E-state index >= 15 is 0 Å². The van der Waals surface area contributed by atoms with Gasteiger partial charge in [-0.05, 0) is 35.7 Å². The van der Waals surface area contributed by atoms with Gasteiger partial charge in [0.15, 0.2) is 0 Å². The van der Waals surface area contributed by atoms with Crippen LogP contribution in [0.25, 0.3) is 10.9 Å². The van der Waals surface area contributed by atoms with Gasteiger partial charge in [-0.3, -0.25) is 4.79 Å². The summed E-state index contributed by atoms with van der Waals surface area (Å²) in [6.07, 6.45) is 3.16. The van der Waals surface area contributed by atoms with Crippen LogP contribution in [-0.4, -0.2) is 43.7 Å². The lowest BCUT2D eigenvalue weighted by molar-refractivity contribution is -0.120. The number of nitrogens with zero attached hydrogens (tertiary/aromatic N) is 1. The number of fused-ring (bicyclic) bond motifs is 1. The zero-order valence-corrected chi connectivity index (χ0v) is 15.4. The third kappa shape index (κ3) is 4.31. The third-order valence-electron chi connectivity index (χ3n) is 5.07. The molecule has 3 aromatic rings. The molecule has 5 heteroatoms. The molecule has 2 heterocycles. The lowest BCUT2D eigenvalue weighted by atomic mass is 10.1. The molecule has 0 spiro atoms. The first-order chi connectivity index (χ1) is 13.3. The molecule has 1 aliphatic heterocycles. The Morgan fingerprint density at radius 2 is 1.85 bits per heavy atom. The molecule has 5 nitrogen and oxygen atoms in total. The Bertz CT molecular complexity index is 895. The van der Waals surface area contributed by atoms with Crippen LogP contribution in [-0.2, 0) is 22.4 Å². The topological polar surface area (TPSA) is 57.4 Å². The van der Waals surface area contributed by atoms with Gasteiger partial charge < -0.3 is 19.9 Å². The average Bonchev–Trinajstić information content (AvgIpc) is 3.12. The number of anilines is 1. The first kappa shape index (κ1) is 17.6. The fraction of sp³-hybridized carbons (Fsp3) is 0.318. The average molecular weight is 363 g/mol. The Morgan fingerprint density at radius 1 is 1.07 bits per heavy atom.